The molecule has 168 valence electrons. The first-order valence-corrected chi connectivity index (χ1v) is 11.2. The molecule has 0 spiro atoms. The van der Waals surface area contributed by atoms with Crippen LogP contribution in [0.15, 0.2) is 39.4 Å². The third-order valence-corrected chi connectivity index (χ3v) is 7.03. The van der Waals surface area contributed by atoms with Crippen molar-refractivity contribution in [3.8, 4) is 0 Å². The topological polar surface area (TPSA) is 97.3 Å². The summed E-state index contributed by atoms with van der Waals surface area (Å²) in [7, 11) is 0. The number of likely N-dealkylation sites (tertiary alicyclic amines) is 1. The lowest BCUT2D eigenvalue weighted by Gasteiger charge is -2.25. The molecule has 1 aliphatic carbocycles. The first-order chi connectivity index (χ1) is 15.4. The molecule has 1 aliphatic heterocycles. The summed E-state index contributed by atoms with van der Waals surface area (Å²) in [6, 6.07) is 10.6. The van der Waals surface area contributed by atoms with Crippen molar-refractivity contribution < 1.29 is 13.8 Å². The van der Waals surface area contributed by atoms with Crippen molar-refractivity contribution in [3.63, 3.8) is 0 Å². The van der Waals surface area contributed by atoms with Gasteiger partial charge in [0, 0.05) is 31.2 Å². The third-order valence-electron chi connectivity index (χ3n) is 7.03. The molecule has 2 aliphatic rings. The summed E-state index contributed by atoms with van der Waals surface area (Å²) in [5.74, 6) is 2.42. The average molecular weight is 436 g/mol. The van der Waals surface area contributed by atoms with Crippen molar-refractivity contribution in [2.75, 3.05) is 13.1 Å². The van der Waals surface area contributed by atoms with Gasteiger partial charge in [0.2, 0.25) is 11.8 Å². The summed E-state index contributed by atoms with van der Waals surface area (Å²) >= 11 is 0. The number of rotatable bonds is 6. The lowest BCUT2D eigenvalue weighted by atomic mass is 9.80. The lowest BCUT2D eigenvalue weighted by molar-refractivity contribution is -0.121. The molecule has 1 saturated heterocycles. The van der Waals surface area contributed by atoms with Gasteiger partial charge in [-0.3, -0.25) is 9.69 Å². The molecule has 1 aromatic carbocycles. The first-order valence-electron chi connectivity index (χ1n) is 11.2. The second-order valence-corrected chi connectivity index (χ2v) is 9.34. The van der Waals surface area contributed by atoms with Crippen molar-refractivity contribution >= 4 is 5.91 Å². The van der Waals surface area contributed by atoms with Crippen molar-refractivity contribution in [3.05, 3.63) is 64.6 Å². The van der Waals surface area contributed by atoms with E-state index in [1.165, 1.54) is 5.56 Å². The van der Waals surface area contributed by atoms with E-state index in [0.717, 1.165) is 43.7 Å². The molecule has 5 rings (SSSR count). The highest BCUT2D eigenvalue weighted by Gasteiger charge is 2.57. The van der Waals surface area contributed by atoms with E-state index in [0.29, 0.717) is 23.4 Å². The number of aromatic nitrogens is 3. The van der Waals surface area contributed by atoms with Gasteiger partial charge in [0.15, 0.2) is 5.82 Å². The van der Waals surface area contributed by atoms with E-state index < -0.39 is 0 Å². The fraction of sp³-hybridized carbons (Fsp3) is 0.500. The molecule has 8 nitrogen and oxygen atoms in total. The second-order valence-electron chi connectivity index (χ2n) is 9.34. The van der Waals surface area contributed by atoms with Gasteiger partial charge in [-0.05, 0) is 45.1 Å². The number of fused-ring (bicyclic) bond motifs is 1. The van der Waals surface area contributed by atoms with Gasteiger partial charge in [-0.1, -0.05) is 40.6 Å². The van der Waals surface area contributed by atoms with Crippen LogP contribution in [0.3, 0.4) is 0 Å². The van der Waals surface area contributed by atoms with Gasteiger partial charge >= 0.3 is 0 Å². The molecule has 2 aromatic heterocycles. The van der Waals surface area contributed by atoms with Gasteiger partial charge in [0.1, 0.15) is 5.76 Å². The number of hydrogen-bond donors (Lipinski definition) is 1. The van der Waals surface area contributed by atoms with E-state index in [4.69, 9.17) is 9.05 Å². The Morgan fingerprint density at radius 2 is 2.00 bits per heavy atom. The lowest BCUT2D eigenvalue weighted by Crippen LogP contribution is -2.38. The Bertz CT molecular complexity index is 1090. The number of amides is 1. The molecule has 0 bridgehead atoms. The molecule has 2 fully saturated rings. The highest BCUT2D eigenvalue weighted by molar-refractivity contribution is 5.79. The summed E-state index contributed by atoms with van der Waals surface area (Å²) in [5, 5.41) is 11.3. The standard InChI is InChI=1S/C24H29N5O3/c1-15-21(16(2)31-27-15)10-22(30)26-20-9-19-13-29(12-18-7-5-4-6-8-18)14-24(19,11-20)23-25-17(3)28-32-23/h4-8,19-20H,9-14H2,1-3H3,(H,26,30)/t19-,20+,24-/m0/s1. The monoisotopic (exact) mass is 435 g/mol. The molecule has 3 heterocycles. The summed E-state index contributed by atoms with van der Waals surface area (Å²) in [6.45, 7) is 8.27. The Kier molecular flexibility index (Phi) is 5.33. The molecular weight excluding hydrogens is 406 g/mol. The summed E-state index contributed by atoms with van der Waals surface area (Å²) in [6.07, 6.45) is 1.99. The van der Waals surface area contributed by atoms with Gasteiger partial charge in [-0.15, -0.1) is 0 Å². The minimum absolute atomic E-state index is 0.00220. The zero-order chi connectivity index (χ0) is 22.3. The van der Waals surface area contributed by atoms with E-state index in [1.54, 1.807) is 0 Å². The van der Waals surface area contributed by atoms with Gasteiger partial charge in [-0.25, -0.2) is 0 Å². The Morgan fingerprint density at radius 3 is 2.69 bits per heavy atom. The summed E-state index contributed by atoms with van der Waals surface area (Å²) in [4.78, 5) is 19.9. The molecule has 1 N–H and O–H groups in total. The number of nitrogens with one attached hydrogen (secondary N) is 1. The van der Waals surface area contributed by atoms with Crippen LogP contribution in [-0.2, 0) is 23.2 Å². The van der Waals surface area contributed by atoms with Crippen molar-refractivity contribution in [1.29, 1.82) is 0 Å². The second kappa shape index (κ2) is 8.16. The molecule has 1 saturated carbocycles. The van der Waals surface area contributed by atoms with Crippen molar-refractivity contribution in [1.82, 2.24) is 25.5 Å². The molecule has 3 atom stereocenters. The molecule has 3 aromatic rings. The minimum Gasteiger partial charge on any atom is -0.361 e. The van der Waals surface area contributed by atoms with Crippen LogP contribution in [0.5, 0.6) is 0 Å². The Hall–Kier alpha value is -3.00. The predicted octanol–water partition coefficient (Wildman–Crippen LogP) is 2.87. The fourth-order valence-corrected chi connectivity index (χ4v) is 5.57. The third kappa shape index (κ3) is 3.83. The predicted molar refractivity (Wildman–Crippen MR) is 117 cm³/mol. The van der Waals surface area contributed by atoms with E-state index in [1.807, 2.05) is 26.8 Å². The Labute approximate surface area is 187 Å². The fourth-order valence-electron chi connectivity index (χ4n) is 5.57. The molecule has 0 radical (unpaired) electrons. The molecule has 1 amide bonds. The van der Waals surface area contributed by atoms with Crippen LogP contribution >= 0.6 is 0 Å². The minimum atomic E-state index is -0.225. The quantitative estimate of drug-likeness (QED) is 0.636. The van der Waals surface area contributed by atoms with Gasteiger partial charge in [0.25, 0.3) is 0 Å². The SMILES string of the molecule is Cc1noc([C@]23C[C@H](NC(=O)Cc4c(C)noc4C)C[C@H]2CN(Cc2ccccc2)C3)n1. The van der Waals surface area contributed by atoms with Gasteiger partial charge in [-0.2, -0.15) is 4.98 Å². The van der Waals surface area contributed by atoms with Crippen LogP contribution in [0.4, 0.5) is 0 Å². The van der Waals surface area contributed by atoms with E-state index >= 15 is 0 Å². The number of benzene rings is 1. The number of hydrogen-bond acceptors (Lipinski definition) is 7. The smallest absolute Gasteiger partial charge is 0.234 e. The van der Waals surface area contributed by atoms with Crippen LogP contribution in [0.2, 0.25) is 0 Å². The van der Waals surface area contributed by atoms with Crippen LogP contribution < -0.4 is 5.32 Å². The highest BCUT2D eigenvalue weighted by Crippen LogP contribution is 2.50. The maximum Gasteiger partial charge on any atom is 0.234 e. The van der Waals surface area contributed by atoms with E-state index in [2.05, 4.69) is 49.8 Å². The zero-order valence-corrected chi connectivity index (χ0v) is 18.8. The van der Waals surface area contributed by atoms with Crippen LogP contribution in [0.1, 0.15) is 47.1 Å². The van der Waals surface area contributed by atoms with Gasteiger partial charge < -0.3 is 14.4 Å². The van der Waals surface area contributed by atoms with E-state index in [9.17, 15) is 4.79 Å². The summed E-state index contributed by atoms with van der Waals surface area (Å²) in [5.41, 5.74) is 2.72. The normalized spacial score (nSPS) is 25.2. The number of carbonyl (C=O) groups is 1. The molecule has 32 heavy (non-hydrogen) atoms. The number of aryl methyl sites for hydroxylation is 3. The Morgan fingerprint density at radius 1 is 1.19 bits per heavy atom. The van der Waals surface area contributed by atoms with Gasteiger partial charge in [0.05, 0.1) is 17.5 Å². The van der Waals surface area contributed by atoms with Crippen LogP contribution in [-0.4, -0.2) is 45.2 Å². The van der Waals surface area contributed by atoms with Crippen LogP contribution in [0.25, 0.3) is 0 Å². The molecule has 8 heteroatoms. The number of carbonyl (C=O) groups excluding carboxylic acids is 1. The molecular formula is C24H29N5O3. The largest absolute Gasteiger partial charge is 0.361 e. The maximum absolute atomic E-state index is 12.8. The van der Waals surface area contributed by atoms with E-state index in [-0.39, 0.29) is 23.8 Å². The van der Waals surface area contributed by atoms with Crippen molar-refractivity contribution in [2.45, 2.75) is 58.0 Å². The van der Waals surface area contributed by atoms with Crippen LogP contribution in [0, 0.1) is 26.7 Å². The van der Waals surface area contributed by atoms with Crippen molar-refractivity contribution in [2.24, 2.45) is 5.92 Å². The maximum atomic E-state index is 12.8. The Balaban J connectivity index is 1.31. The summed E-state index contributed by atoms with van der Waals surface area (Å²) < 4.78 is 10.9. The first kappa shape index (κ1) is 20.9. The highest BCUT2D eigenvalue weighted by atomic mass is 16.5. The average Bonchev–Trinajstić information content (AvgIpc) is 3.49. The number of nitrogens with zero attached hydrogens (tertiary/aromatic N) is 4. The zero-order valence-electron chi connectivity index (χ0n) is 18.8. The molecule has 0 unspecified atom stereocenters.